The van der Waals surface area contributed by atoms with Crippen LogP contribution in [-0.4, -0.2) is 48.4 Å². The predicted molar refractivity (Wildman–Crippen MR) is 111 cm³/mol. The molecule has 0 aliphatic heterocycles. The van der Waals surface area contributed by atoms with Crippen molar-refractivity contribution in [1.29, 1.82) is 0 Å². The lowest BCUT2D eigenvalue weighted by Crippen LogP contribution is -2.38. The van der Waals surface area contributed by atoms with Crippen LogP contribution in [0.3, 0.4) is 0 Å². The number of hydrogen-bond donors (Lipinski definition) is 2. The van der Waals surface area contributed by atoms with Gasteiger partial charge in [0.25, 0.3) is 0 Å². The monoisotopic (exact) mass is 371 g/mol. The third-order valence-electron chi connectivity index (χ3n) is 5.19. The van der Waals surface area contributed by atoms with Crippen molar-refractivity contribution in [3.05, 3.63) is 30.1 Å². The molecule has 0 atom stereocenters. The highest BCUT2D eigenvalue weighted by molar-refractivity contribution is 5.79. The first-order valence-electron chi connectivity index (χ1n) is 10.3. The molecule has 6 nitrogen and oxygen atoms in total. The zero-order valence-corrected chi connectivity index (χ0v) is 16.7. The van der Waals surface area contributed by atoms with Crippen LogP contribution in [0.15, 0.2) is 29.3 Å². The number of rotatable bonds is 9. The van der Waals surface area contributed by atoms with E-state index < -0.39 is 0 Å². The molecule has 0 spiro atoms. The van der Waals surface area contributed by atoms with E-state index >= 15 is 0 Å². The van der Waals surface area contributed by atoms with Crippen LogP contribution in [-0.2, 0) is 11.3 Å². The Balaban J connectivity index is 1.31. The van der Waals surface area contributed by atoms with Crippen molar-refractivity contribution in [2.45, 2.75) is 58.1 Å². The molecule has 1 fully saturated rings. The van der Waals surface area contributed by atoms with Gasteiger partial charge in [0.05, 0.1) is 17.1 Å². The molecule has 27 heavy (non-hydrogen) atoms. The van der Waals surface area contributed by atoms with Crippen LogP contribution in [0.4, 0.5) is 0 Å². The Kier molecular flexibility index (Phi) is 7.51. The number of hydrogen-bond acceptors (Lipinski definition) is 3. The van der Waals surface area contributed by atoms with Crippen LogP contribution < -0.4 is 10.6 Å². The van der Waals surface area contributed by atoms with Crippen LogP contribution in [0.25, 0.3) is 11.0 Å². The molecular weight excluding hydrogens is 338 g/mol. The van der Waals surface area contributed by atoms with Gasteiger partial charge in [0, 0.05) is 33.3 Å². The Morgan fingerprint density at radius 1 is 1.19 bits per heavy atom. The summed E-state index contributed by atoms with van der Waals surface area (Å²) >= 11 is 0. The summed E-state index contributed by atoms with van der Waals surface area (Å²) in [6.07, 6.45) is 7.67. The van der Waals surface area contributed by atoms with Crippen LogP contribution in [0.2, 0.25) is 0 Å². The Labute approximate surface area is 162 Å². The van der Waals surface area contributed by atoms with E-state index in [0.29, 0.717) is 6.10 Å². The molecule has 148 valence electrons. The number of para-hydroxylation sites is 2. The molecule has 3 rings (SSSR count). The van der Waals surface area contributed by atoms with E-state index in [-0.39, 0.29) is 0 Å². The van der Waals surface area contributed by atoms with Crippen LogP contribution >= 0.6 is 0 Å². The number of aryl methyl sites for hydroxylation is 2. The molecule has 6 heteroatoms. The molecule has 0 saturated heterocycles. The summed E-state index contributed by atoms with van der Waals surface area (Å²) in [5, 5.41) is 6.76. The highest BCUT2D eigenvalue weighted by Crippen LogP contribution is 2.20. The minimum absolute atomic E-state index is 0.505. The molecule has 1 aromatic carbocycles. The number of ether oxygens (including phenoxy) is 1. The lowest BCUT2D eigenvalue weighted by Gasteiger charge is -2.14. The van der Waals surface area contributed by atoms with Crippen LogP contribution in [0, 0.1) is 6.92 Å². The molecular formula is C21H33N5O. The summed E-state index contributed by atoms with van der Waals surface area (Å²) in [6.45, 7) is 5.62. The van der Waals surface area contributed by atoms with E-state index in [1.54, 1.807) is 0 Å². The molecule has 1 aliphatic rings. The Hall–Kier alpha value is -2.08. The van der Waals surface area contributed by atoms with Gasteiger partial charge < -0.3 is 19.9 Å². The van der Waals surface area contributed by atoms with E-state index in [4.69, 9.17) is 4.74 Å². The van der Waals surface area contributed by atoms with Crippen molar-refractivity contribution in [3.8, 4) is 0 Å². The number of nitrogens with zero attached hydrogens (tertiary/aromatic N) is 3. The van der Waals surface area contributed by atoms with E-state index in [1.165, 1.54) is 31.2 Å². The molecule has 1 saturated carbocycles. The first-order chi connectivity index (χ1) is 13.3. The molecule has 0 bridgehead atoms. The zero-order valence-electron chi connectivity index (χ0n) is 16.7. The van der Waals surface area contributed by atoms with Crippen LogP contribution in [0.5, 0.6) is 0 Å². The fourth-order valence-electron chi connectivity index (χ4n) is 3.73. The molecule has 0 unspecified atom stereocenters. The largest absolute Gasteiger partial charge is 0.378 e. The third-order valence-corrected chi connectivity index (χ3v) is 5.19. The van der Waals surface area contributed by atoms with Crippen LogP contribution in [0.1, 0.15) is 44.3 Å². The first kappa shape index (κ1) is 19.7. The number of fused-ring (bicyclic) bond motifs is 1. The van der Waals surface area contributed by atoms with Gasteiger partial charge in [-0.25, -0.2) is 4.98 Å². The maximum atomic E-state index is 5.90. The fraction of sp³-hybridized carbons (Fsp3) is 0.619. The van der Waals surface area contributed by atoms with Crippen molar-refractivity contribution < 1.29 is 4.74 Å². The number of imidazole rings is 1. The SMILES string of the molecule is CN=C(NCCCOC1CCCC1)NCCCn1c(C)nc2ccccc21. The minimum Gasteiger partial charge on any atom is -0.378 e. The molecule has 0 amide bonds. The van der Waals surface area contributed by atoms with Gasteiger partial charge in [0.15, 0.2) is 5.96 Å². The van der Waals surface area contributed by atoms with Gasteiger partial charge in [-0.3, -0.25) is 4.99 Å². The van der Waals surface area contributed by atoms with Gasteiger partial charge in [-0.05, 0) is 44.7 Å². The second-order valence-electron chi connectivity index (χ2n) is 7.21. The van der Waals surface area contributed by atoms with Gasteiger partial charge >= 0.3 is 0 Å². The van der Waals surface area contributed by atoms with Gasteiger partial charge in [0.2, 0.25) is 0 Å². The number of aliphatic imine (C=N–C) groups is 1. The van der Waals surface area contributed by atoms with Crippen molar-refractivity contribution in [2.75, 3.05) is 26.7 Å². The Morgan fingerprint density at radius 3 is 2.70 bits per heavy atom. The quantitative estimate of drug-likeness (QED) is 0.403. The lowest BCUT2D eigenvalue weighted by atomic mass is 10.3. The third kappa shape index (κ3) is 5.70. The summed E-state index contributed by atoms with van der Waals surface area (Å²) in [5.74, 6) is 1.93. The van der Waals surface area contributed by atoms with Crippen molar-refractivity contribution in [1.82, 2.24) is 20.2 Å². The highest BCUT2D eigenvalue weighted by atomic mass is 16.5. The molecule has 1 aromatic heterocycles. The smallest absolute Gasteiger partial charge is 0.190 e. The lowest BCUT2D eigenvalue weighted by molar-refractivity contribution is 0.0574. The minimum atomic E-state index is 0.505. The number of aromatic nitrogens is 2. The molecule has 2 aromatic rings. The summed E-state index contributed by atoms with van der Waals surface area (Å²) in [6, 6.07) is 8.31. The topological polar surface area (TPSA) is 63.5 Å². The second-order valence-corrected chi connectivity index (χ2v) is 7.21. The van der Waals surface area contributed by atoms with Gasteiger partial charge in [-0.1, -0.05) is 25.0 Å². The predicted octanol–water partition coefficient (Wildman–Crippen LogP) is 3.25. The van der Waals surface area contributed by atoms with Gasteiger partial charge in [-0.2, -0.15) is 0 Å². The average molecular weight is 372 g/mol. The van der Waals surface area contributed by atoms with Gasteiger partial charge in [0.1, 0.15) is 5.82 Å². The average Bonchev–Trinajstić information content (AvgIpc) is 3.30. The van der Waals surface area contributed by atoms with E-state index in [9.17, 15) is 0 Å². The first-order valence-corrected chi connectivity index (χ1v) is 10.3. The second kappa shape index (κ2) is 10.3. The van der Waals surface area contributed by atoms with Crippen molar-refractivity contribution in [3.63, 3.8) is 0 Å². The fourth-order valence-corrected chi connectivity index (χ4v) is 3.73. The normalized spacial score (nSPS) is 15.6. The van der Waals surface area contributed by atoms with Crippen molar-refractivity contribution in [2.24, 2.45) is 4.99 Å². The molecule has 0 radical (unpaired) electrons. The van der Waals surface area contributed by atoms with Crippen molar-refractivity contribution >= 4 is 17.0 Å². The molecule has 1 aliphatic carbocycles. The maximum absolute atomic E-state index is 5.90. The molecule has 2 N–H and O–H groups in total. The van der Waals surface area contributed by atoms with E-state index in [0.717, 1.165) is 56.4 Å². The number of nitrogens with one attached hydrogen (secondary N) is 2. The standard InChI is InChI=1S/C21H33N5O/c1-17-25-19-11-5-6-12-20(19)26(17)15-7-13-23-21(22-2)24-14-8-16-27-18-9-3-4-10-18/h5-6,11-12,18H,3-4,7-10,13-16H2,1-2H3,(H2,22,23,24). The van der Waals surface area contributed by atoms with Gasteiger partial charge in [-0.15, -0.1) is 0 Å². The number of benzene rings is 1. The summed E-state index contributed by atoms with van der Waals surface area (Å²) < 4.78 is 8.18. The molecule has 1 heterocycles. The Morgan fingerprint density at radius 2 is 1.93 bits per heavy atom. The van der Waals surface area contributed by atoms with E-state index in [2.05, 4.69) is 50.3 Å². The summed E-state index contributed by atoms with van der Waals surface area (Å²) in [5.41, 5.74) is 2.28. The summed E-state index contributed by atoms with van der Waals surface area (Å²) in [7, 11) is 1.82. The number of guanidine groups is 1. The zero-order chi connectivity index (χ0) is 18.9. The van der Waals surface area contributed by atoms with E-state index in [1.807, 2.05) is 13.1 Å². The maximum Gasteiger partial charge on any atom is 0.190 e. The Bertz CT molecular complexity index is 733. The summed E-state index contributed by atoms with van der Waals surface area (Å²) in [4.78, 5) is 8.92. The highest BCUT2D eigenvalue weighted by Gasteiger charge is 2.14.